The van der Waals surface area contributed by atoms with E-state index in [0.29, 0.717) is 30.5 Å². The van der Waals surface area contributed by atoms with Crippen LogP contribution in [0.25, 0.3) is 0 Å². The Morgan fingerprint density at radius 3 is 2.81 bits per heavy atom. The molecule has 0 spiro atoms. The largest absolute Gasteiger partial charge is 0.365 e. The van der Waals surface area contributed by atoms with Crippen LogP contribution in [0.1, 0.15) is 12.0 Å². The molecule has 2 heterocycles. The lowest BCUT2D eigenvalue weighted by atomic mass is 10.1. The Hall–Kier alpha value is -3.04. The fourth-order valence-corrected chi connectivity index (χ4v) is 3.74. The molecule has 2 fully saturated rings. The second kappa shape index (κ2) is 6.36. The molecule has 10 nitrogen and oxygen atoms in total. The van der Waals surface area contributed by atoms with Crippen molar-refractivity contribution in [2.75, 3.05) is 18.0 Å². The van der Waals surface area contributed by atoms with Crippen LogP contribution in [0, 0.1) is 28.9 Å². The standard InChI is InChI=1S/C16H19N7O3/c1-10-2-3-13(23(25)26)14(6-10)21-7-11-12(8-21)16(11)18-15(24)4-5-22-9-17-19-20-22/h2-3,6,9,11-12,16H,4-5,7-8H2,1H3,(H,18,24)/t11-,12+,16?. The van der Waals surface area contributed by atoms with E-state index in [1.807, 2.05) is 13.0 Å². The second-order valence-electron chi connectivity index (χ2n) is 6.90. The van der Waals surface area contributed by atoms with Crippen molar-refractivity contribution < 1.29 is 9.72 Å². The van der Waals surface area contributed by atoms with Crippen molar-refractivity contribution in [1.29, 1.82) is 0 Å². The summed E-state index contributed by atoms with van der Waals surface area (Å²) in [7, 11) is 0. The molecular weight excluding hydrogens is 338 g/mol. The van der Waals surface area contributed by atoms with Crippen LogP contribution in [0.2, 0.25) is 0 Å². The molecule has 26 heavy (non-hydrogen) atoms. The number of nitrogens with zero attached hydrogens (tertiary/aromatic N) is 6. The van der Waals surface area contributed by atoms with Crippen LogP contribution in [-0.2, 0) is 11.3 Å². The first kappa shape index (κ1) is 16.4. The molecule has 1 saturated heterocycles. The topological polar surface area (TPSA) is 119 Å². The van der Waals surface area contributed by atoms with Gasteiger partial charge >= 0.3 is 0 Å². The molecular formula is C16H19N7O3. The average Bonchev–Trinajstić information content (AvgIpc) is 3.05. The summed E-state index contributed by atoms with van der Waals surface area (Å²) in [6.07, 6.45) is 1.81. The van der Waals surface area contributed by atoms with E-state index < -0.39 is 0 Å². The second-order valence-corrected chi connectivity index (χ2v) is 6.90. The van der Waals surface area contributed by atoms with Gasteiger partial charge in [0.1, 0.15) is 12.0 Å². The van der Waals surface area contributed by atoms with E-state index in [2.05, 4.69) is 25.7 Å². The van der Waals surface area contributed by atoms with E-state index in [9.17, 15) is 14.9 Å². The Morgan fingerprint density at radius 1 is 1.38 bits per heavy atom. The molecule has 136 valence electrons. The molecule has 2 aromatic rings. The van der Waals surface area contributed by atoms with Gasteiger partial charge in [0.05, 0.1) is 11.5 Å². The van der Waals surface area contributed by atoms with Gasteiger partial charge < -0.3 is 10.2 Å². The lowest BCUT2D eigenvalue weighted by Gasteiger charge is -2.22. The number of carbonyl (C=O) groups is 1. The van der Waals surface area contributed by atoms with Gasteiger partial charge in [0.25, 0.3) is 5.69 Å². The van der Waals surface area contributed by atoms with Crippen LogP contribution in [-0.4, -0.2) is 50.2 Å². The summed E-state index contributed by atoms with van der Waals surface area (Å²) >= 11 is 0. The highest BCUT2D eigenvalue weighted by atomic mass is 16.6. The molecule has 0 radical (unpaired) electrons. The summed E-state index contributed by atoms with van der Waals surface area (Å²) in [4.78, 5) is 25.1. The predicted octanol–water partition coefficient (Wildman–Crippen LogP) is 0.531. The molecule has 3 atom stereocenters. The van der Waals surface area contributed by atoms with Crippen LogP contribution in [0.3, 0.4) is 0 Å². The number of piperidine rings is 1. The van der Waals surface area contributed by atoms with E-state index >= 15 is 0 Å². The van der Waals surface area contributed by atoms with Crippen molar-refractivity contribution in [2.24, 2.45) is 11.8 Å². The zero-order chi connectivity index (χ0) is 18.3. The molecule has 4 rings (SSSR count). The first-order valence-corrected chi connectivity index (χ1v) is 8.53. The minimum Gasteiger partial charge on any atom is -0.365 e. The van der Waals surface area contributed by atoms with E-state index in [1.54, 1.807) is 12.1 Å². The maximum absolute atomic E-state index is 12.1. The average molecular weight is 357 g/mol. The Bertz CT molecular complexity index is 826. The molecule has 1 aromatic carbocycles. The van der Waals surface area contributed by atoms with Crippen molar-refractivity contribution in [3.63, 3.8) is 0 Å². The number of nitro groups is 1. The smallest absolute Gasteiger partial charge is 0.292 e. The van der Waals surface area contributed by atoms with Crippen LogP contribution >= 0.6 is 0 Å². The Balaban J connectivity index is 1.32. The summed E-state index contributed by atoms with van der Waals surface area (Å²) in [5.41, 5.74) is 1.81. The third-order valence-corrected chi connectivity index (χ3v) is 5.15. The highest BCUT2D eigenvalue weighted by Gasteiger charge is 2.57. The van der Waals surface area contributed by atoms with Crippen molar-refractivity contribution >= 4 is 17.3 Å². The lowest BCUT2D eigenvalue weighted by Crippen LogP contribution is -2.35. The maximum Gasteiger partial charge on any atom is 0.292 e. The van der Waals surface area contributed by atoms with Crippen LogP contribution in [0.5, 0.6) is 0 Å². The summed E-state index contributed by atoms with van der Waals surface area (Å²) in [5, 5.41) is 25.1. The van der Waals surface area contributed by atoms with E-state index in [0.717, 1.165) is 18.7 Å². The molecule has 1 saturated carbocycles. The van der Waals surface area contributed by atoms with Gasteiger partial charge in [-0.15, -0.1) is 5.10 Å². The molecule has 10 heteroatoms. The molecule has 1 aliphatic heterocycles. The lowest BCUT2D eigenvalue weighted by molar-refractivity contribution is -0.384. The molecule has 1 amide bonds. The molecule has 1 aromatic heterocycles. The van der Waals surface area contributed by atoms with Gasteiger partial charge in [0, 0.05) is 43.5 Å². The number of nitro benzene ring substituents is 1. The number of nitrogens with one attached hydrogen (secondary N) is 1. The first-order valence-electron chi connectivity index (χ1n) is 8.53. The molecule has 1 aliphatic carbocycles. The number of hydrogen-bond donors (Lipinski definition) is 1. The zero-order valence-electron chi connectivity index (χ0n) is 14.3. The minimum absolute atomic E-state index is 0.0204. The monoisotopic (exact) mass is 357 g/mol. The number of carbonyl (C=O) groups excluding carboxylic acids is 1. The normalized spacial score (nSPS) is 23.6. The maximum atomic E-state index is 12.1. The molecule has 0 bridgehead atoms. The number of hydrogen-bond acceptors (Lipinski definition) is 7. The fourth-order valence-electron chi connectivity index (χ4n) is 3.74. The van der Waals surface area contributed by atoms with Crippen LogP contribution in [0.4, 0.5) is 11.4 Å². The van der Waals surface area contributed by atoms with Crippen molar-refractivity contribution in [3.8, 4) is 0 Å². The highest BCUT2D eigenvalue weighted by molar-refractivity contribution is 5.77. The number of anilines is 1. The Labute approximate surface area is 149 Å². The number of fused-ring (bicyclic) bond motifs is 1. The molecule has 1 N–H and O–H groups in total. The van der Waals surface area contributed by atoms with Crippen molar-refractivity contribution in [1.82, 2.24) is 25.5 Å². The van der Waals surface area contributed by atoms with Gasteiger partial charge in [-0.3, -0.25) is 14.9 Å². The Kier molecular flexibility index (Phi) is 4.02. The quantitative estimate of drug-likeness (QED) is 0.591. The minimum atomic E-state index is -0.336. The van der Waals surface area contributed by atoms with Gasteiger partial charge in [0.2, 0.25) is 5.91 Å². The summed E-state index contributed by atoms with van der Waals surface area (Å²) in [6.45, 7) is 3.83. The number of tetrazole rings is 1. The first-order chi connectivity index (χ1) is 12.5. The number of aromatic nitrogens is 4. The van der Waals surface area contributed by atoms with Crippen molar-refractivity contribution in [2.45, 2.75) is 25.9 Å². The fraction of sp³-hybridized carbons (Fsp3) is 0.500. The number of rotatable bonds is 6. The van der Waals surface area contributed by atoms with Gasteiger partial charge in [-0.2, -0.15) is 0 Å². The number of benzene rings is 1. The van der Waals surface area contributed by atoms with Crippen LogP contribution < -0.4 is 10.2 Å². The van der Waals surface area contributed by atoms with E-state index in [-0.39, 0.29) is 22.6 Å². The summed E-state index contributed by atoms with van der Waals surface area (Å²) in [5.74, 6) is 0.687. The van der Waals surface area contributed by atoms with Gasteiger partial charge in [-0.25, -0.2) is 4.68 Å². The zero-order valence-corrected chi connectivity index (χ0v) is 14.3. The van der Waals surface area contributed by atoms with Gasteiger partial charge in [-0.05, 0) is 29.0 Å². The molecule has 2 aliphatic rings. The van der Waals surface area contributed by atoms with E-state index in [1.165, 1.54) is 11.0 Å². The Morgan fingerprint density at radius 2 is 2.15 bits per heavy atom. The SMILES string of the molecule is Cc1ccc([N+](=O)[O-])c(N2C[C@@H]3C(NC(=O)CCn4cnnn4)[C@@H]3C2)c1. The van der Waals surface area contributed by atoms with Gasteiger partial charge in [-0.1, -0.05) is 6.07 Å². The summed E-state index contributed by atoms with van der Waals surface area (Å²) in [6, 6.07) is 5.35. The predicted molar refractivity (Wildman–Crippen MR) is 91.4 cm³/mol. The number of aryl methyl sites for hydroxylation is 2. The molecule has 1 unspecified atom stereocenters. The number of amides is 1. The van der Waals surface area contributed by atoms with Crippen molar-refractivity contribution in [3.05, 3.63) is 40.2 Å². The third-order valence-electron chi connectivity index (χ3n) is 5.15. The summed E-state index contributed by atoms with van der Waals surface area (Å²) < 4.78 is 1.52. The third kappa shape index (κ3) is 3.09. The van der Waals surface area contributed by atoms with Crippen LogP contribution in [0.15, 0.2) is 24.5 Å². The van der Waals surface area contributed by atoms with E-state index in [4.69, 9.17) is 0 Å². The van der Waals surface area contributed by atoms with Gasteiger partial charge in [0.15, 0.2) is 0 Å². The highest BCUT2D eigenvalue weighted by Crippen LogP contribution is 2.48.